The number of nitrogens with one attached hydrogen (secondary N) is 1. The van der Waals surface area contributed by atoms with Crippen LogP contribution in [0.25, 0.3) is 5.65 Å². The van der Waals surface area contributed by atoms with E-state index in [9.17, 15) is 4.79 Å². The zero-order valence-electron chi connectivity index (χ0n) is 13.5. The number of amides is 1. The van der Waals surface area contributed by atoms with Crippen LogP contribution in [0, 0.1) is 6.92 Å². The molecule has 0 unspecified atom stereocenters. The van der Waals surface area contributed by atoms with Gasteiger partial charge in [-0.15, -0.1) is 5.10 Å². The highest BCUT2D eigenvalue weighted by molar-refractivity contribution is 8.14. The molecular weight excluding hydrogens is 334 g/mol. The molecule has 6 nitrogen and oxygen atoms in total. The molecule has 0 aliphatic carbocycles. The van der Waals surface area contributed by atoms with E-state index < -0.39 is 0 Å². The van der Waals surface area contributed by atoms with Crippen molar-refractivity contribution < 1.29 is 4.79 Å². The first-order valence-electron chi connectivity index (χ1n) is 7.78. The number of imidazole rings is 1. The predicted molar refractivity (Wildman–Crippen MR) is 100 cm³/mol. The fraction of sp³-hybridized carbons (Fsp3) is 0.111. The average molecular weight is 349 g/mol. The molecule has 7 heteroatoms. The van der Waals surface area contributed by atoms with Crippen LogP contribution in [0.4, 0.5) is 0 Å². The summed E-state index contributed by atoms with van der Waals surface area (Å²) in [6.45, 7) is 1.92. The topological polar surface area (TPSA) is 71.1 Å². The highest BCUT2D eigenvalue weighted by Crippen LogP contribution is 2.15. The molecule has 25 heavy (non-hydrogen) atoms. The quantitative estimate of drug-likeness (QED) is 0.773. The van der Waals surface area contributed by atoms with Gasteiger partial charge in [0.1, 0.15) is 5.65 Å². The Morgan fingerprint density at radius 2 is 2.04 bits per heavy atom. The summed E-state index contributed by atoms with van der Waals surface area (Å²) < 4.78 is 1.88. The van der Waals surface area contributed by atoms with E-state index >= 15 is 0 Å². The van der Waals surface area contributed by atoms with Crippen molar-refractivity contribution in [3.63, 3.8) is 0 Å². The first-order valence-corrected chi connectivity index (χ1v) is 8.77. The summed E-state index contributed by atoms with van der Waals surface area (Å²) in [7, 11) is 0. The summed E-state index contributed by atoms with van der Waals surface area (Å²) in [4.78, 5) is 16.8. The van der Waals surface area contributed by atoms with E-state index in [2.05, 4.69) is 20.5 Å². The van der Waals surface area contributed by atoms with Crippen LogP contribution in [0.15, 0.2) is 65.1 Å². The number of hydrogen-bond acceptors (Lipinski definition) is 5. The zero-order valence-corrected chi connectivity index (χ0v) is 14.3. The van der Waals surface area contributed by atoms with Gasteiger partial charge in [0, 0.05) is 23.7 Å². The Hall–Kier alpha value is -2.93. The molecule has 0 atom stereocenters. The van der Waals surface area contributed by atoms with E-state index in [-0.39, 0.29) is 5.91 Å². The number of carbonyl (C=O) groups is 1. The largest absolute Gasteiger partial charge is 0.307 e. The summed E-state index contributed by atoms with van der Waals surface area (Å²) in [5, 5.41) is 11.7. The number of amidine groups is 1. The monoisotopic (exact) mass is 349 g/mol. The third-order valence-corrected chi connectivity index (χ3v) is 4.65. The second kappa shape index (κ2) is 6.52. The number of thioether (sulfide) groups is 1. The van der Waals surface area contributed by atoms with Gasteiger partial charge in [0.2, 0.25) is 0 Å². The van der Waals surface area contributed by atoms with Gasteiger partial charge in [0.05, 0.1) is 11.4 Å². The molecule has 1 amide bonds. The number of fused-ring (bicyclic) bond motifs is 1. The molecular formula is C18H15N5OS. The van der Waals surface area contributed by atoms with Gasteiger partial charge in [-0.3, -0.25) is 10.1 Å². The minimum Gasteiger partial charge on any atom is -0.307 e. The lowest BCUT2D eigenvalue weighted by Crippen LogP contribution is -2.30. The molecule has 1 aromatic carbocycles. The SMILES string of the molecule is Cc1cn2ccc(C(=O)NC3=NN=C(c4ccccc4)CS3)cc2n1. The Morgan fingerprint density at radius 1 is 1.20 bits per heavy atom. The minimum atomic E-state index is -0.215. The van der Waals surface area contributed by atoms with Crippen LogP contribution in [0.1, 0.15) is 21.6 Å². The van der Waals surface area contributed by atoms with Crippen LogP contribution in [0.2, 0.25) is 0 Å². The number of aryl methyl sites for hydroxylation is 1. The van der Waals surface area contributed by atoms with Crippen LogP contribution in [-0.2, 0) is 0 Å². The van der Waals surface area contributed by atoms with Gasteiger partial charge in [0.25, 0.3) is 5.91 Å². The number of rotatable bonds is 2. The van der Waals surface area contributed by atoms with Gasteiger partial charge < -0.3 is 4.40 Å². The van der Waals surface area contributed by atoms with Crippen molar-refractivity contribution >= 4 is 34.2 Å². The third kappa shape index (κ3) is 3.32. The lowest BCUT2D eigenvalue weighted by atomic mass is 10.1. The second-order valence-corrected chi connectivity index (χ2v) is 6.59. The van der Waals surface area contributed by atoms with Gasteiger partial charge in [0.15, 0.2) is 5.17 Å². The normalized spacial score (nSPS) is 14.1. The second-order valence-electron chi connectivity index (χ2n) is 5.62. The standard InChI is InChI=1S/C18H15N5OS/c1-12-10-23-8-7-14(9-16(23)19-12)17(24)20-18-22-21-15(11-25-18)13-5-3-2-4-6-13/h2-10H,11H2,1H3,(H,20,22,24). The van der Waals surface area contributed by atoms with Crippen LogP contribution in [0.5, 0.6) is 0 Å². The highest BCUT2D eigenvalue weighted by atomic mass is 32.2. The maximum Gasteiger partial charge on any atom is 0.257 e. The van der Waals surface area contributed by atoms with Gasteiger partial charge >= 0.3 is 0 Å². The van der Waals surface area contributed by atoms with Crippen LogP contribution in [-0.4, -0.2) is 31.9 Å². The Morgan fingerprint density at radius 3 is 2.80 bits per heavy atom. The lowest BCUT2D eigenvalue weighted by molar-refractivity contribution is 0.0978. The van der Waals surface area contributed by atoms with Crippen LogP contribution >= 0.6 is 11.8 Å². The maximum atomic E-state index is 12.4. The molecule has 2 aromatic heterocycles. The summed E-state index contributed by atoms with van der Waals surface area (Å²) in [6.07, 6.45) is 3.74. The molecule has 0 radical (unpaired) electrons. The summed E-state index contributed by atoms with van der Waals surface area (Å²) >= 11 is 1.46. The van der Waals surface area contributed by atoms with Crippen molar-refractivity contribution in [2.24, 2.45) is 10.2 Å². The van der Waals surface area contributed by atoms with E-state index in [0.717, 1.165) is 22.6 Å². The maximum absolute atomic E-state index is 12.4. The molecule has 0 fully saturated rings. The van der Waals surface area contributed by atoms with E-state index in [1.807, 2.05) is 54.0 Å². The predicted octanol–water partition coefficient (Wildman–Crippen LogP) is 2.88. The minimum absolute atomic E-state index is 0.215. The molecule has 3 heterocycles. The van der Waals surface area contributed by atoms with Crippen molar-refractivity contribution in [2.45, 2.75) is 6.92 Å². The Bertz CT molecular complexity index is 1010. The lowest BCUT2D eigenvalue weighted by Gasteiger charge is -2.12. The number of carbonyl (C=O) groups excluding carboxylic acids is 1. The molecule has 1 aliphatic rings. The van der Waals surface area contributed by atoms with Gasteiger partial charge in [-0.2, -0.15) is 5.10 Å². The molecule has 0 saturated carbocycles. The Balaban J connectivity index is 1.50. The summed E-state index contributed by atoms with van der Waals surface area (Å²) in [5.41, 5.74) is 4.14. The molecule has 0 bridgehead atoms. The first-order chi connectivity index (χ1) is 12.2. The zero-order chi connectivity index (χ0) is 17.2. The average Bonchev–Trinajstić information content (AvgIpc) is 3.02. The highest BCUT2D eigenvalue weighted by Gasteiger charge is 2.16. The van der Waals surface area contributed by atoms with Crippen molar-refractivity contribution in [1.29, 1.82) is 0 Å². The van der Waals surface area contributed by atoms with E-state index in [0.29, 0.717) is 16.5 Å². The Kier molecular flexibility index (Phi) is 4.07. The summed E-state index contributed by atoms with van der Waals surface area (Å²) in [5.74, 6) is 0.453. The van der Waals surface area contributed by atoms with E-state index in [1.165, 1.54) is 11.8 Å². The fourth-order valence-electron chi connectivity index (χ4n) is 2.55. The molecule has 3 aromatic rings. The molecule has 124 valence electrons. The smallest absolute Gasteiger partial charge is 0.257 e. The van der Waals surface area contributed by atoms with E-state index in [4.69, 9.17) is 0 Å². The van der Waals surface area contributed by atoms with Crippen molar-refractivity contribution in [3.8, 4) is 0 Å². The van der Waals surface area contributed by atoms with Gasteiger partial charge in [-0.1, -0.05) is 42.1 Å². The van der Waals surface area contributed by atoms with Crippen molar-refractivity contribution in [2.75, 3.05) is 5.75 Å². The van der Waals surface area contributed by atoms with Crippen LogP contribution < -0.4 is 5.32 Å². The number of benzene rings is 1. The Labute approximate surface area is 148 Å². The van der Waals surface area contributed by atoms with Gasteiger partial charge in [-0.25, -0.2) is 4.98 Å². The van der Waals surface area contributed by atoms with Gasteiger partial charge in [-0.05, 0) is 24.6 Å². The number of pyridine rings is 1. The molecule has 1 N–H and O–H groups in total. The van der Waals surface area contributed by atoms with Crippen LogP contribution in [0.3, 0.4) is 0 Å². The van der Waals surface area contributed by atoms with E-state index in [1.54, 1.807) is 12.1 Å². The fourth-order valence-corrected chi connectivity index (χ4v) is 3.31. The first kappa shape index (κ1) is 15.6. The van der Waals surface area contributed by atoms with Crippen molar-refractivity contribution in [3.05, 3.63) is 71.7 Å². The number of nitrogens with zero attached hydrogens (tertiary/aromatic N) is 4. The molecule has 4 rings (SSSR count). The number of aromatic nitrogens is 2. The summed E-state index contributed by atoms with van der Waals surface area (Å²) in [6, 6.07) is 13.4. The molecule has 0 spiro atoms. The third-order valence-electron chi connectivity index (χ3n) is 3.78. The van der Waals surface area contributed by atoms with Crippen molar-refractivity contribution in [1.82, 2.24) is 14.7 Å². The number of hydrogen-bond donors (Lipinski definition) is 1. The molecule has 1 aliphatic heterocycles. The molecule has 0 saturated heterocycles.